The summed E-state index contributed by atoms with van der Waals surface area (Å²) in [6.45, 7) is 3.98. The van der Waals surface area contributed by atoms with Crippen LogP contribution < -0.4 is 5.32 Å². The van der Waals surface area contributed by atoms with Crippen molar-refractivity contribution in [1.29, 1.82) is 0 Å². The molecule has 0 saturated heterocycles. The third kappa shape index (κ3) is 4.02. The van der Waals surface area contributed by atoms with Gasteiger partial charge in [0.25, 0.3) is 0 Å². The summed E-state index contributed by atoms with van der Waals surface area (Å²) in [5.74, 6) is 0. The largest absolute Gasteiger partial charge is 0.389 e. The summed E-state index contributed by atoms with van der Waals surface area (Å²) in [7, 11) is 0. The molecule has 2 N–H and O–H groups in total. The Morgan fingerprint density at radius 1 is 1.50 bits per heavy atom. The Balaban J connectivity index is 2.68. The molecule has 0 aliphatic rings. The van der Waals surface area contributed by atoms with Gasteiger partial charge in [0.2, 0.25) is 0 Å². The van der Waals surface area contributed by atoms with Crippen LogP contribution in [0.25, 0.3) is 0 Å². The highest BCUT2D eigenvalue weighted by molar-refractivity contribution is 14.1. The first-order chi connectivity index (χ1) is 6.38. The zero-order chi connectivity index (χ0) is 10.8. The quantitative estimate of drug-likeness (QED) is 0.837. The van der Waals surface area contributed by atoms with E-state index in [1.165, 1.54) is 0 Å². The maximum Gasteiger partial charge on any atom is 0.0763 e. The Hall–Kier alpha value is -0.0000000000000000555. The zero-order valence-corrected chi connectivity index (χ0v) is 11.1. The molecule has 0 bridgehead atoms. The second kappa shape index (κ2) is 4.68. The topological polar surface area (TPSA) is 32.3 Å². The van der Waals surface area contributed by atoms with Crippen molar-refractivity contribution in [3.63, 3.8) is 0 Å². The van der Waals surface area contributed by atoms with E-state index in [0.29, 0.717) is 11.6 Å². The summed E-state index contributed by atoms with van der Waals surface area (Å²) in [6.07, 6.45) is 0. The van der Waals surface area contributed by atoms with Gasteiger partial charge in [-0.25, -0.2) is 0 Å². The lowest BCUT2D eigenvalue weighted by Gasteiger charge is -2.19. The lowest BCUT2D eigenvalue weighted by Crippen LogP contribution is -2.29. The number of rotatable bonds is 3. The highest BCUT2D eigenvalue weighted by atomic mass is 127. The van der Waals surface area contributed by atoms with Crippen molar-refractivity contribution in [3.05, 3.63) is 26.8 Å². The molecule has 0 saturated carbocycles. The molecular formula is C10H13ClINO. The Morgan fingerprint density at radius 3 is 2.64 bits per heavy atom. The smallest absolute Gasteiger partial charge is 0.0763 e. The van der Waals surface area contributed by atoms with Gasteiger partial charge >= 0.3 is 0 Å². The lowest BCUT2D eigenvalue weighted by atomic mass is 10.1. The number of anilines is 1. The van der Waals surface area contributed by atoms with Crippen LogP contribution in [0.15, 0.2) is 18.2 Å². The average Bonchev–Trinajstić information content (AvgIpc) is 2.00. The molecule has 0 amide bonds. The first-order valence-corrected chi connectivity index (χ1v) is 5.75. The third-order valence-electron chi connectivity index (χ3n) is 1.64. The Labute approximate surface area is 103 Å². The van der Waals surface area contributed by atoms with Gasteiger partial charge in [-0.2, -0.15) is 0 Å². The minimum absolute atomic E-state index is 0.479. The molecule has 2 nitrogen and oxygen atoms in total. The van der Waals surface area contributed by atoms with Gasteiger partial charge in [0.1, 0.15) is 0 Å². The van der Waals surface area contributed by atoms with Crippen LogP contribution in [0, 0.1) is 3.57 Å². The summed E-state index contributed by atoms with van der Waals surface area (Å²) < 4.78 is 1.10. The predicted octanol–water partition coefficient (Wildman–Crippen LogP) is 3.13. The summed E-state index contributed by atoms with van der Waals surface area (Å²) in [5.41, 5.74) is 0.126. The zero-order valence-electron chi connectivity index (χ0n) is 8.14. The SMILES string of the molecule is CC(C)(O)CNc1ccc(I)cc1Cl. The van der Waals surface area contributed by atoms with E-state index in [-0.39, 0.29) is 0 Å². The van der Waals surface area contributed by atoms with Crippen LogP contribution >= 0.6 is 34.2 Å². The molecule has 1 rings (SSSR count). The highest BCUT2D eigenvalue weighted by Crippen LogP contribution is 2.24. The van der Waals surface area contributed by atoms with Gasteiger partial charge in [-0.15, -0.1) is 0 Å². The van der Waals surface area contributed by atoms with Crippen LogP contribution in [-0.2, 0) is 0 Å². The van der Waals surface area contributed by atoms with Crippen LogP contribution in [0.3, 0.4) is 0 Å². The van der Waals surface area contributed by atoms with E-state index in [0.717, 1.165) is 9.26 Å². The average molecular weight is 326 g/mol. The van der Waals surface area contributed by atoms with Crippen molar-refractivity contribution in [3.8, 4) is 0 Å². The lowest BCUT2D eigenvalue weighted by molar-refractivity contribution is 0.0945. The summed E-state index contributed by atoms with van der Waals surface area (Å²) in [5, 5.41) is 13.3. The second-order valence-corrected chi connectivity index (χ2v) is 5.44. The minimum Gasteiger partial charge on any atom is -0.389 e. The number of hydrogen-bond acceptors (Lipinski definition) is 2. The van der Waals surface area contributed by atoms with E-state index in [4.69, 9.17) is 11.6 Å². The van der Waals surface area contributed by atoms with E-state index in [1.54, 1.807) is 13.8 Å². The Kier molecular flexibility index (Phi) is 4.04. The monoisotopic (exact) mass is 325 g/mol. The summed E-state index contributed by atoms with van der Waals surface area (Å²) in [6, 6.07) is 5.77. The molecule has 1 aromatic carbocycles. The van der Waals surface area contributed by atoms with Gasteiger partial charge in [0.05, 0.1) is 16.3 Å². The summed E-state index contributed by atoms with van der Waals surface area (Å²) >= 11 is 8.21. The molecule has 1 aromatic rings. The van der Waals surface area contributed by atoms with Crippen molar-refractivity contribution in [2.24, 2.45) is 0 Å². The number of aliphatic hydroxyl groups is 1. The summed E-state index contributed by atoms with van der Waals surface area (Å²) in [4.78, 5) is 0. The third-order valence-corrected chi connectivity index (χ3v) is 2.63. The van der Waals surface area contributed by atoms with Crippen molar-refractivity contribution in [2.45, 2.75) is 19.4 Å². The number of hydrogen-bond donors (Lipinski definition) is 2. The van der Waals surface area contributed by atoms with Gasteiger partial charge in [-0.1, -0.05) is 11.6 Å². The van der Waals surface area contributed by atoms with Crippen LogP contribution in [0.1, 0.15) is 13.8 Å². The standard InChI is InChI=1S/C10H13ClINO/c1-10(2,14)6-13-9-4-3-7(12)5-8(9)11/h3-5,13-14H,6H2,1-2H3. The first kappa shape index (κ1) is 12.1. The molecule has 0 aromatic heterocycles. The van der Waals surface area contributed by atoms with Crippen LogP contribution in [-0.4, -0.2) is 17.3 Å². The molecule has 0 aliphatic carbocycles. The predicted molar refractivity (Wildman–Crippen MR) is 69.0 cm³/mol. The van der Waals surface area contributed by atoms with Gasteiger partial charge in [-0.05, 0) is 54.6 Å². The molecule has 4 heteroatoms. The van der Waals surface area contributed by atoms with E-state index in [2.05, 4.69) is 27.9 Å². The van der Waals surface area contributed by atoms with Crippen LogP contribution in [0.5, 0.6) is 0 Å². The molecular weight excluding hydrogens is 312 g/mol. The molecule has 0 aliphatic heterocycles. The normalized spacial score (nSPS) is 11.5. The molecule has 78 valence electrons. The Bertz CT molecular complexity index is 322. The maximum absolute atomic E-state index is 9.52. The van der Waals surface area contributed by atoms with E-state index < -0.39 is 5.60 Å². The molecule has 14 heavy (non-hydrogen) atoms. The molecule has 0 atom stereocenters. The van der Waals surface area contributed by atoms with E-state index >= 15 is 0 Å². The maximum atomic E-state index is 9.52. The van der Waals surface area contributed by atoms with Gasteiger partial charge in [0.15, 0.2) is 0 Å². The fourth-order valence-electron chi connectivity index (χ4n) is 0.944. The molecule has 0 radical (unpaired) electrons. The van der Waals surface area contributed by atoms with Gasteiger partial charge in [-0.3, -0.25) is 0 Å². The second-order valence-electron chi connectivity index (χ2n) is 3.79. The van der Waals surface area contributed by atoms with Crippen molar-refractivity contribution >= 4 is 39.9 Å². The van der Waals surface area contributed by atoms with Crippen molar-refractivity contribution in [2.75, 3.05) is 11.9 Å². The van der Waals surface area contributed by atoms with E-state index in [9.17, 15) is 5.11 Å². The Morgan fingerprint density at radius 2 is 2.14 bits per heavy atom. The number of halogens is 2. The minimum atomic E-state index is -0.730. The number of nitrogens with one attached hydrogen (secondary N) is 1. The molecule has 0 unspecified atom stereocenters. The van der Waals surface area contributed by atoms with Crippen molar-refractivity contribution in [1.82, 2.24) is 0 Å². The fourth-order valence-corrected chi connectivity index (χ4v) is 1.87. The van der Waals surface area contributed by atoms with Crippen molar-refractivity contribution < 1.29 is 5.11 Å². The molecule has 0 spiro atoms. The van der Waals surface area contributed by atoms with E-state index in [1.807, 2.05) is 18.2 Å². The molecule has 0 heterocycles. The number of benzene rings is 1. The van der Waals surface area contributed by atoms with Gasteiger partial charge in [0, 0.05) is 10.1 Å². The van der Waals surface area contributed by atoms with Gasteiger partial charge < -0.3 is 10.4 Å². The molecule has 0 fully saturated rings. The fraction of sp³-hybridized carbons (Fsp3) is 0.400. The first-order valence-electron chi connectivity index (χ1n) is 4.30. The highest BCUT2D eigenvalue weighted by Gasteiger charge is 2.12. The van der Waals surface area contributed by atoms with Crippen LogP contribution in [0.4, 0.5) is 5.69 Å². The van der Waals surface area contributed by atoms with Crippen LogP contribution in [0.2, 0.25) is 5.02 Å².